The molecule has 3 aliphatic rings. The zero-order chi connectivity index (χ0) is 33.3. The zero-order valence-electron chi connectivity index (χ0n) is 27.7. The summed E-state index contributed by atoms with van der Waals surface area (Å²) in [6, 6.07) is 68.0. The molecule has 0 bridgehead atoms. The first kappa shape index (κ1) is 27.4. The molecule has 1 heteroatoms. The third-order valence-corrected chi connectivity index (χ3v) is 12.2. The highest BCUT2D eigenvalue weighted by atomic mass is 16.3. The monoisotopic (exact) mass is 646 g/mol. The van der Waals surface area contributed by atoms with Crippen LogP contribution in [0.5, 0.6) is 0 Å². The Bertz CT molecular complexity index is 2930. The lowest BCUT2D eigenvalue weighted by Crippen LogP contribution is -2.43. The quantitative estimate of drug-likeness (QED) is 0.182. The molecule has 1 nitrogen and oxygen atoms in total. The molecule has 3 aliphatic carbocycles. The lowest BCUT2D eigenvalue weighted by atomic mass is 9.52. The van der Waals surface area contributed by atoms with E-state index in [0.29, 0.717) is 0 Å². The second-order valence-electron chi connectivity index (χ2n) is 14.3. The van der Waals surface area contributed by atoms with Gasteiger partial charge in [-0.1, -0.05) is 158 Å². The Morgan fingerprint density at radius 3 is 1.69 bits per heavy atom. The molecule has 0 saturated heterocycles. The molecule has 0 N–H and O–H groups in total. The summed E-state index contributed by atoms with van der Waals surface area (Å²) in [7, 11) is 0. The molecular formula is C50H30O. The van der Waals surface area contributed by atoms with Crippen LogP contribution in [0.15, 0.2) is 186 Å². The molecule has 236 valence electrons. The second-order valence-corrected chi connectivity index (χ2v) is 14.3. The summed E-state index contributed by atoms with van der Waals surface area (Å²) in [5, 5.41) is 2.30. The summed E-state index contributed by atoms with van der Waals surface area (Å²) in [6.45, 7) is 0. The van der Waals surface area contributed by atoms with Crippen molar-refractivity contribution in [3.8, 4) is 33.4 Å². The average molecular weight is 647 g/mol. The van der Waals surface area contributed by atoms with Crippen molar-refractivity contribution in [1.82, 2.24) is 0 Å². The summed E-state index contributed by atoms with van der Waals surface area (Å²) in [4.78, 5) is 0. The molecule has 1 spiro atoms. The molecule has 0 saturated carbocycles. The maximum absolute atomic E-state index is 6.19. The van der Waals surface area contributed by atoms with Gasteiger partial charge in [-0.15, -0.1) is 0 Å². The third-order valence-electron chi connectivity index (χ3n) is 12.2. The van der Waals surface area contributed by atoms with E-state index in [1.165, 1.54) is 77.9 Å². The minimum atomic E-state index is -0.475. The summed E-state index contributed by atoms with van der Waals surface area (Å²) < 4.78 is 6.19. The Balaban J connectivity index is 1.18. The fourth-order valence-electron chi connectivity index (χ4n) is 10.3. The van der Waals surface area contributed by atoms with E-state index in [1.807, 2.05) is 12.1 Å². The first-order valence-corrected chi connectivity index (χ1v) is 17.8. The third kappa shape index (κ3) is 3.19. The number of furan rings is 1. The zero-order valence-corrected chi connectivity index (χ0v) is 27.7. The summed E-state index contributed by atoms with van der Waals surface area (Å²) in [5.74, 6) is 0. The number of rotatable bonds is 2. The topological polar surface area (TPSA) is 13.1 Å². The first-order chi connectivity index (χ1) is 25.3. The first-order valence-electron chi connectivity index (χ1n) is 17.8. The number of fused-ring (bicyclic) bond motifs is 15. The van der Waals surface area contributed by atoms with E-state index < -0.39 is 10.8 Å². The number of hydrogen-bond acceptors (Lipinski definition) is 1. The Morgan fingerprint density at radius 2 is 0.863 bits per heavy atom. The Labute approximate surface area is 296 Å². The Kier molecular flexibility index (Phi) is 5.17. The van der Waals surface area contributed by atoms with Crippen LogP contribution >= 0.6 is 0 Å². The van der Waals surface area contributed by atoms with Crippen LogP contribution in [0.4, 0.5) is 0 Å². The van der Waals surface area contributed by atoms with Crippen molar-refractivity contribution in [2.75, 3.05) is 0 Å². The number of para-hydroxylation sites is 1. The van der Waals surface area contributed by atoms with Crippen molar-refractivity contribution >= 4 is 21.9 Å². The maximum Gasteiger partial charge on any atom is 0.135 e. The summed E-state index contributed by atoms with van der Waals surface area (Å²) >= 11 is 0. The fraction of sp³-hybridized carbons (Fsp3) is 0.0400. The normalized spacial score (nSPS) is 18.7. The van der Waals surface area contributed by atoms with E-state index in [-0.39, 0.29) is 0 Å². The highest BCUT2D eigenvalue weighted by Crippen LogP contribution is 2.68. The molecule has 0 fully saturated rings. The Morgan fingerprint density at radius 1 is 0.314 bits per heavy atom. The van der Waals surface area contributed by atoms with Gasteiger partial charge in [0.05, 0.1) is 10.8 Å². The van der Waals surface area contributed by atoms with Gasteiger partial charge in [0.2, 0.25) is 0 Å². The average Bonchev–Trinajstić information content (AvgIpc) is 3.83. The molecule has 0 amide bonds. The molecule has 2 atom stereocenters. The van der Waals surface area contributed by atoms with Gasteiger partial charge >= 0.3 is 0 Å². The van der Waals surface area contributed by atoms with E-state index >= 15 is 0 Å². The Hall–Kier alpha value is -6.44. The van der Waals surface area contributed by atoms with Crippen LogP contribution in [0.1, 0.15) is 44.5 Å². The molecule has 8 aromatic carbocycles. The van der Waals surface area contributed by atoms with Gasteiger partial charge in [-0.3, -0.25) is 0 Å². The highest BCUT2D eigenvalue weighted by molar-refractivity contribution is 6.06. The van der Waals surface area contributed by atoms with Gasteiger partial charge in [0.25, 0.3) is 0 Å². The van der Waals surface area contributed by atoms with Gasteiger partial charge < -0.3 is 4.42 Å². The van der Waals surface area contributed by atoms with Gasteiger partial charge in [0, 0.05) is 10.8 Å². The number of benzene rings is 8. The summed E-state index contributed by atoms with van der Waals surface area (Å²) in [6.07, 6.45) is 0. The molecule has 0 radical (unpaired) electrons. The van der Waals surface area contributed by atoms with Crippen molar-refractivity contribution in [2.45, 2.75) is 10.8 Å². The van der Waals surface area contributed by atoms with Gasteiger partial charge in [-0.05, 0) is 102 Å². The molecule has 12 rings (SSSR count). The van der Waals surface area contributed by atoms with Crippen LogP contribution in [0, 0.1) is 0 Å². The molecule has 2 unspecified atom stereocenters. The van der Waals surface area contributed by atoms with Gasteiger partial charge in [0.15, 0.2) is 0 Å². The minimum absolute atomic E-state index is 0.425. The molecule has 0 aliphatic heterocycles. The number of hydrogen-bond donors (Lipinski definition) is 0. The molecule has 1 heterocycles. The predicted molar refractivity (Wildman–Crippen MR) is 207 cm³/mol. The van der Waals surface area contributed by atoms with Crippen molar-refractivity contribution in [3.63, 3.8) is 0 Å². The summed E-state index contributed by atoms with van der Waals surface area (Å²) in [5.41, 5.74) is 19.5. The van der Waals surface area contributed by atoms with E-state index in [1.54, 1.807) is 0 Å². The van der Waals surface area contributed by atoms with Crippen LogP contribution < -0.4 is 0 Å². The molecule has 51 heavy (non-hydrogen) atoms. The van der Waals surface area contributed by atoms with Crippen molar-refractivity contribution in [3.05, 3.63) is 226 Å². The highest BCUT2D eigenvalue weighted by Gasteiger charge is 2.59. The van der Waals surface area contributed by atoms with Gasteiger partial charge in [-0.2, -0.15) is 0 Å². The van der Waals surface area contributed by atoms with Crippen LogP contribution in [0.25, 0.3) is 55.3 Å². The van der Waals surface area contributed by atoms with Crippen molar-refractivity contribution in [2.24, 2.45) is 0 Å². The van der Waals surface area contributed by atoms with E-state index in [4.69, 9.17) is 4.42 Å². The van der Waals surface area contributed by atoms with Crippen LogP contribution in [0.2, 0.25) is 0 Å². The largest absolute Gasteiger partial charge is 0.456 e. The van der Waals surface area contributed by atoms with Gasteiger partial charge in [-0.25, -0.2) is 0 Å². The van der Waals surface area contributed by atoms with Crippen LogP contribution in [0.3, 0.4) is 0 Å². The van der Waals surface area contributed by atoms with E-state index in [9.17, 15) is 0 Å². The molecular weight excluding hydrogens is 617 g/mol. The van der Waals surface area contributed by atoms with Crippen molar-refractivity contribution in [1.29, 1.82) is 0 Å². The standard InChI is InChI=1S/C50H30O/c1-2-13-33(14-3-1)49-40-19-7-4-15-34(40)37-18-12-23-45(48(37)49)50(44-22-10-9-21-43(44)49)41-20-8-5-16-35(41)38-29-31(25-27-42(38)50)32-26-28-47-39(30-32)36-17-6-11-24-46(36)51-47/h1-30H. The van der Waals surface area contributed by atoms with Crippen molar-refractivity contribution < 1.29 is 4.42 Å². The second kappa shape index (κ2) is 9.62. The van der Waals surface area contributed by atoms with Crippen LogP contribution in [-0.2, 0) is 10.8 Å². The minimum Gasteiger partial charge on any atom is -0.456 e. The van der Waals surface area contributed by atoms with Gasteiger partial charge in [0.1, 0.15) is 11.2 Å². The smallest absolute Gasteiger partial charge is 0.135 e. The predicted octanol–water partition coefficient (Wildman–Crippen LogP) is 12.3. The maximum atomic E-state index is 6.19. The lowest BCUT2D eigenvalue weighted by Gasteiger charge is -2.48. The molecule has 9 aromatic rings. The van der Waals surface area contributed by atoms with E-state index in [2.05, 4.69) is 170 Å². The van der Waals surface area contributed by atoms with Crippen LogP contribution in [-0.4, -0.2) is 0 Å². The SMILES string of the molecule is c1ccc(C23c4ccccc4-c4cccc(c42)C2(c4ccccc4-c4cc(-c5ccc6oc7ccccc7c6c5)ccc42)c2ccccc23)cc1. The van der Waals surface area contributed by atoms with E-state index in [0.717, 1.165) is 21.9 Å². The fourth-order valence-corrected chi connectivity index (χ4v) is 10.3. The molecule has 1 aromatic heterocycles. The lowest BCUT2D eigenvalue weighted by molar-refractivity contribution is 0.636.